The van der Waals surface area contributed by atoms with Crippen molar-refractivity contribution < 1.29 is 14.3 Å². The second kappa shape index (κ2) is 6.12. The molecule has 5 nitrogen and oxygen atoms in total. The van der Waals surface area contributed by atoms with Crippen LogP contribution in [0.4, 0.5) is 0 Å². The fourth-order valence-electron chi connectivity index (χ4n) is 2.70. The van der Waals surface area contributed by atoms with Crippen molar-refractivity contribution >= 4 is 11.8 Å². The molecule has 1 heterocycles. The third kappa shape index (κ3) is 3.95. The molecule has 1 saturated heterocycles. The van der Waals surface area contributed by atoms with Crippen molar-refractivity contribution in [3.8, 4) is 0 Å². The number of carbonyl (C=O) groups is 2. The molecule has 20 heavy (non-hydrogen) atoms. The summed E-state index contributed by atoms with van der Waals surface area (Å²) < 4.78 is 5.38. The third-order valence-corrected chi connectivity index (χ3v) is 4.38. The van der Waals surface area contributed by atoms with Crippen LogP contribution >= 0.6 is 0 Å². The van der Waals surface area contributed by atoms with Crippen LogP contribution in [0.1, 0.15) is 38.5 Å². The number of piperidine rings is 1. The summed E-state index contributed by atoms with van der Waals surface area (Å²) in [5.41, 5.74) is 0. The maximum Gasteiger partial charge on any atom is 0.246 e. The molecule has 0 spiro atoms. The van der Waals surface area contributed by atoms with E-state index in [4.69, 9.17) is 4.74 Å². The maximum absolute atomic E-state index is 11.9. The van der Waals surface area contributed by atoms with Gasteiger partial charge < -0.3 is 15.0 Å². The molecule has 2 saturated carbocycles. The lowest BCUT2D eigenvalue weighted by molar-refractivity contribution is -0.133. The van der Waals surface area contributed by atoms with E-state index in [1.54, 1.807) is 0 Å². The van der Waals surface area contributed by atoms with E-state index >= 15 is 0 Å². The molecule has 0 bridgehead atoms. The fraction of sp³-hybridized carbons (Fsp3) is 0.867. The van der Waals surface area contributed by atoms with Crippen molar-refractivity contribution in [2.45, 2.75) is 44.6 Å². The summed E-state index contributed by atoms with van der Waals surface area (Å²) in [5.74, 6) is 1.30. The Morgan fingerprint density at radius 3 is 2.35 bits per heavy atom. The number of rotatable bonds is 6. The Labute approximate surface area is 120 Å². The van der Waals surface area contributed by atoms with E-state index < -0.39 is 0 Å². The molecule has 0 atom stereocenters. The number of ether oxygens (including phenoxy) is 1. The van der Waals surface area contributed by atoms with Crippen LogP contribution < -0.4 is 5.32 Å². The Balaban J connectivity index is 1.30. The topological polar surface area (TPSA) is 58.6 Å². The molecule has 3 aliphatic rings. The van der Waals surface area contributed by atoms with E-state index in [0.29, 0.717) is 17.7 Å². The van der Waals surface area contributed by atoms with Gasteiger partial charge in [0.1, 0.15) is 6.61 Å². The minimum Gasteiger partial charge on any atom is -0.371 e. The summed E-state index contributed by atoms with van der Waals surface area (Å²) in [6.07, 6.45) is 6.35. The molecule has 0 aromatic rings. The van der Waals surface area contributed by atoms with Gasteiger partial charge in [-0.25, -0.2) is 0 Å². The lowest BCUT2D eigenvalue weighted by Gasteiger charge is -2.32. The van der Waals surface area contributed by atoms with Gasteiger partial charge in [-0.3, -0.25) is 9.59 Å². The van der Waals surface area contributed by atoms with Gasteiger partial charge in [0.25, 0.3) is 0 Å². The van der Waals surface area contributed by atoms with Crippen LogP contribution in [0.25, 0.3) is 0 Å². The van der Waals surface area contributed by atoms with E-state index in [1.807, 2.05) is 4.90 Å². The number of likely N-dealkylation sites (tertiary alicyclic amines) is 1. The average molecular weight is 280 g/mol. The molecule has 0 aromatic heterocycles. The van der Waals surface area contributed by atoms with Crippen molar-refractivity contribution in [2.75, 3.05) is 26.3 Å². The first-order chi connectivity index (χ1) is 9.72. The summed E-state index contributed by atoms with van der Waals surface area (Å²) >= 11 is 0. The SMILES string of the molecule is O=C(COCC1CC1)NC1CCN(C(=O)C2CC2)CC1. The largest absolute Gasteiger partial charge is 0.371 e. The number of hydrogen-bond acceptors (Lipinski definition) is 3. The first-order valence-corrected chi connectivity index (χ1v) is 7.88. The van der Waals surface area contributed by atoms with Crippen molar-refractivity contribution in [3.63, 3.8) is 0 Å². The highest BCUT2D eigenvalue weighted by Crippen LogP contribution is 2.32. The van der Waals surface area contributed by atoms with Crippen LogP contribution in [-0.4, -0.2) is 49.1 Å². The summed E-state index contributed by atoms with van der Waals surface area (Å²) in [7, 11) is 0. The van der Waals surface area contributed by atoms with Gasteiger partial charge in [-0.15, -0.1) is 0 Å². The normalized spacial score (nSPS) is 23.7. The second-order valence-electron chi connectivity index (χ2n) is 6.40. The Bertz CT molecular complexity index is 369. The van der Waals surface area contributed by atoms with Crippen molar-refractivity contribution in [3.05, 3.63) is 0 Å². The molecule has 0 aromatic carbocycles. The molecule has 5 heteroatoms. The number of nitrogens with one attached hydrogen (secondary N) is 1. The zero-order chi connectivity index (χ0) is 13.9. The molecule has 2 aliphatic carbocycles. The zero-order valence-electron chi connectivity index (χ0n) is 12.0. The van der Waals surface area contributed by atoms with Crippen LogP contribution in [0.2, 0.25) is 0 Å². The van der Waals surface area contributed by atoms with Crippen LogP contribution in [0.15, 0.2) is 0 Å². The minimum absolute atomic E-state index is 0.0161. The monoisotopic (exact) mass is 280 g/mol. The van der Waals surface area contributed by atoms with Crippen LogP contribution in [-0.2, 0) is 14.3 Å². The van der Waals surface area contributed by atoms with E-state index in [9.17, 15) is 9.59 Å². The predicted molar refractivity (Wildman–Crippen MR) is 74.0 cm³/mol. The molecule has 112 valence electrons. The molecular formula is C15H24N2O3. The number of nitrogens with zero attached hydrogens (tertiary/aromatic N) is 1. The van der Waals surface area contributed by atoms with Gasteiger partial charge in [0, 0.05) is 25.0 Å². The molecule has 0 radical (unpaired) electrons. The van der Waals surface area contributed by atoms with E-state index in [0.717, 1.165) is 45.4 Å². The van der Waals surface area contributed by atoms with Gasteiger partial charge in [0.15, 0.2) is 0 Å². The summed E-state index contributed by atoms with van der Waals surface area (Å²) in [4.78, 5) is 25.6. The van der Waals surface area contributed by atoms with Gasteiger partial charge in [-0.2, -0.15) is 0 Å². The maximum atomic E-state index is 11.9. The highest BCUT2D eigenvalue weighted by molar-refractivity contribution is 5.81. The lowest BCUT2D eigenvalue weighted by atomic mass is 10.0. The van der Waals surface area contributed by atoms with Gasteiger partial charge in [-0.1, -0.05) is 0 Å². The average Bonchev–Trinajstić information content (AvgIpc) is 3.31. The predicted octanol–water partition coefficient (Wildman–Crippen LogP) is 0.930. The standard InChI is InChI=1S/C15H24N2O3/c18-14(10-20-9-11-1-2-11)16-13-5-7-17(8-6-13)15(19)12-3-4-12/h11-13H,1-10H2,(H,16,18). The van der Waals surface area contributed by atoms with E-state index in [2.05, 4.69) is 5.32 Å². The van der Waals surface area contributed by atoms with Crippen LogP contribution in [0.5, 0.6) is 0 Å². The lowest BCUT2D eigenvalue weighted by Crippen LogP contribution is -2.47. The number of carbonyl (C=O) groups excluding carboxylic acids is 2. The Morgan fingerprint density at radius 2 is 1.75 bits per heavy atom. The Kier molecular flexibility index (Phi) is 4.24. The van der Waals surface area contributed by atoms with Gasteiger partial charge in [-0.05, 0) is 44.4 Å². The first kappa shape index (κ1) is 13.9. The fourth-order valence-corrected chi connectivity index (χ4v) is 2.70. The van der Waals surface area contributed by atoms with Crippen LogP contribution in [0, 0.1) is 11.8 Å². The molecule has 1 aliphatic heterocycles. The van der Waals surface area contributed by atoms with Crippen LogP contribution in [0.3, 0.4) is 0 Å². The highest BCUT2D eigenvalue weighted by atomic mass is 16.5. The quantitative estimate of drug-likeness (QED) is 0.787. The summed E-state index contributed by atoms with van der Waals surface area (Å²) in [6, 6.07) is 0.204. The molecule has 1 N–H and O–H groups in total. The highest BCUT2D eigenvalue weighted by Gasteiger charge is 2.35. The third-order valence-electron chi connectivity index (χ3n) is 4.38. The zero-order valence-corrected chi connectivity index (χ0v) is 12.0. The smallest absolute Gasteiger partial charge is 0.246 e. The second-order valence-corrected chi connectivity index (χ2v) is 6.40. The minimum atomic E-state index is -0.0161. The Morgan fingerprint density at radius 1 is 1.05 bits per heavy atom. The van der Waals surface area contributed by atoms with Gasteiger partial charge >= 0.3 is 0 Å². The molecule has 3 fully saturated rings. The first-order valence-electron chi connectivity index (χ1n) is 7.88. The molecule has 2 amide bonds. The summed E-state index contributed by atoms with van der Waals surface area (Å²) in [5, 5.41) is 3.02. The molecule has 0 unspecified atom stereocenters. The van der Waals surface area contributed by atoms with Gasteiger partial charge in [0.05, 0.1) is 6.61 Å². The number of hydrogen-bond donors (Lipinski definition) is 1. The summed E-state index contributed by atoms with van der Waals surface area (Å²) in [6.45, 7) is 2.46. The van der Waals surface area contributed by atoms with E-state index in [1.165, 1.54) is 12.8 Å². The molecular weight excluding hydrogens is 256 g/mol. The Hall–Kier alpha value is -1.10. The van der Waals surface area contributed by atoms with Gasteiger partial charge in [0.2, 0.25) is 11.8 Å². The van der Waals surface area contributed by atoms with Crippen molar-refractivity contribution in [1.29, 1.82) is 0 Å². The molecule has 3 rings (SSSR count). The van der Waals surface area contributed by atoms with Crippen molar-refractivity contribution in [1.82, 2.24) is 10.2 Å². The van der Waals surface area contributed by atoms with Crippen molar-refractivity contribution in [2.24, 2.45) is 11.8 Å². The van der Waals surface area contributed by atoms with E-state index in [-0.39, 0.29) is 18.6 Å². The number of amides is 2.